The van der Waals surface area contributed by atoms with Crippen LogP contribution in [-0.2, 0) is 19.6 Å². The zero-order chi connectivity index (χ0) is 20.1. The van der Waals surface area contributed by atoms with Crippen molar-refractivity contribution in [2.45, 2.75) is 36.7 Å². The number of hydrogen-bond donors (Lipinski definition) is 1. The summed E-state index contributed by atoms with van der Waals surface area (Å²) < 4.78 is 43.5. The molecule has 3 rings (SSSR count). The van der Waals surface area contributed by atoms with E-state index in [0.29, 0.717) is 38.2 Å². The van der Waals surface area contributed by atoms with Crippen LogP contribution < -0.4 is 14.8 Å². The lowest BCUT2D eigenvalue weighted by Gasteiger charge is -2.31. The standard InChI is InChI=1S/C19H28N2O6S/c1-25-15-5-6-17(26-2)18(12-15)28(23,24)21-9-7-14(8-10-21)19(22)20-13-16-4-3-11-27-16/h5-6,12,14,16H,3-4,7-11,13H2,1-2H3,(H,20,22)/t16-/m1/s1. The summed E-state index contributed by atoms with van der Waals surface area (Å²) in [5.41, 5.74) is 0. The summed E-state index contributed by atoms with van der Waals surface area (Å²) in [6.07, 6.45) is 3.08. The molecule has 1 amide bonds. The van der Waals surface area contributed by atoms with E-state index in [1.165, 1.54) is 24.6 Å². The first kappa shape index (κ1) is 20.9. The maximum absolute atomic E-state index is 13.1. The van der Waals surface area contributed by atoms with Crippen LogP contribution in [-0.4, -0.2) is 65.2 Å². The van der Waals surface area contributed by atoms with E-state index in [1.807, 2.05) is 0 Å². The highest BCUT2D eigenvalue weighted by Crippen LogP contribution is 2.32. The molecule has 0 aromatic heterocycles. The van der Waals surface area contributed by atoms with Gasteiger partial charge in [-0.3, -0.25) is 4.79 Å². The second-order valence-electron chi connectivity index (χ2n) is 7.08. The second-order valence-corrected chi connectivity index (χ2v) is 8.98. The van der Waals surface area contributed by atoms with E-state index < -0.39 is 10.0 Å². The number of nitrogens with zero attached hydrogens (tertiary/aromatic N) is 1. The summed E-state index contributed by atoms with van der Waals surface area (Å²) in [6, 6.07) is 4.70. The van der Waals surface area contributed by atoms with E-state index in [1.54, 1.807) is 12.1 Å². The largest absolute Gasteiger partial charge is 0.497 e. The van der Waals surface area contributed by atoms with Crippen LogP contribution in [0.5, 0.6) is 11.5 Å². The molecule has 2 heterocycles. The highest BCUT2D eigenvalue weighted by atomic mass is 32.2. The van der Waals surface area contributed by atoms with Crippen molar-refractivity contribution in [2.24, 2.45) is 5.92 Å². The minimum absolute atomic E-state index is 0.0218. The van der Waals surface area contributed by atoms with Gasteiger partial charge in [-0.2, -0.15) is 4.31 Å². The summed E-state index contributed by atoms with van der Waals surface area (Å²) in [4.78, 5) is 12.5. The Hall–Kier alpha value is -1.84. The normalized spacial score (nSPS) is 21.4. The van der Waals surface area contributed by atoms with E-state index in [4.69, 9.17) is 14.2 Å². The van der Waals surface area contributed by atoms with Gasteiger partial charge in [0.05, 0.1) is 20.3 Å². The summed E-state index contributed by atoms with van der Waals surface area (Å²) in [7, 11) is -0.814. The topological polar surface area (TPSA) is 94.2 Å². The minimum Gasteiger partial charge on any atom is -0.497 e. The third-order valence-corrected chi connectivity index (χ3v) is 7.26. The van der Waals surface area contributed by atoms with Gasteiger partial charge in [0.15, 0.2) is 0 Å². The molecule has 2 saturated heterocycles. The van der Waals surface area contributed by atoms with Crippen molar-refractivity contribution in [3.05, 3.63) is 18.2 Å². The summed E-state index contributed by atoms with van der Waals surface area (Å²) in [5.74, 6) is 0.520. The molecule has 0 radical (unpaired) electrons. The molecule has 8 nitrogen and oxygen atoms in total. The van der Waals surface area contributed by atoms with Gasteiger partial charge in [-0.05, 0) is 37.8 Å². The third kappa shape index (κ3) is 4.59. The molecule has 9 heteroatoms. The zero-order valence-electron chi connectivity index (χ0n) is 16.3. The first-order chi connectivity index (χ1) is 13.5. The van der Waals surface area contributed by atoms with E-state index >= 15 is 0 Å². The van der Waals surface area contributed by atoms with Gasteiger partial charge in [0, 0.05) is 38.2 Å². The van der Waals surface area contributed by atoms with Crippen molar-refractivity contribution in [3.63, 3.8) is 0 Å². The highest BCUT2D eigenvalue weighted by molar-refractivity contribution is 7.89. The van der Waals surface area contributed by atoms with Crippen LogP contribution in [0.15, 0.2) is 23.1 Å². The Bertz CT molecular complexity index is 784. The first-order valence-corrected chi connectivity index (χ1v) is 11.0. The van der Waals surface area contributed by atoms with Gasteiger partial charge in [-0.25, -0.2) is 8.42 Å². The van der Waals surface area contributed by atoms with Crippen LogP contribution in [0.1, 0.15) is 25.7 Å². The van der Waals surface area contributed by atoms with E-state index in [9.17, 15) is 13.2 Å². The van der Waals surface area contributed by atoms with Crippen LogP contribution in [0.3, 0.4) is 0 Å². The molecule has 0 bridgehead atoms. The third-order valence-electron chi connectivity index (χ3n) is 5.34. The monoisotopic (exact) mass is 412 g/mol. The number of carbonyl (C=O) groups is 1. The summed E-state index contributed by atoms with van der Waals surface area (Å²) in [5, 5.41) is 2.94. The number of benzene rings is 1. The predicted molar refractivity (Wildman–Crippen MR) is 103 cm³/mol. The van der Waals surface area contributed by atoms with Crippen LogP contribution in [0.2, 0.25) is 0 Å². The number of ether oxygens (including phenoxy) is 3. The maximum atomic E-state index is 13.1. The number of sulfonamides is 1. The fourth-order valence-corrected chi connectivity index (χ4v) is 5.29. The smallest absolute Gasteiger partial charge is 0.246 e. The molecule has 1 N–H and O–H groups in total. The molecule has 0 unspecified atom stereocenters. The Labute approximate surface area is 166 Å². The van der Waals surface area contributed by atoms with Crippen molar-refractivity contribution in [1.82, 2.24) is 9.62 Å². The Morgan fingerprint density at radius 3 is 2.57 bits per heavy atom. The molecule has 1 atom stereocenters. The van der Waals surface area contributed by atoms with Gasteiger partial charge in [-0.15, -0.1) is 0 Å². The molecular weight excluding hydrogens is 384 g/mol. The highest BCUT2D eigenvalue weighted by Gasteiger charge is 2.34. The Balaban J connectivity index is 1.61. The van der Waals surface area contributed by atoms with E-state index in [-0.39, 0.29) is 28.6 Å². The lowest BCUT2D eigenvalue weighted by atomic mass is 9.97. The molecule has 1 aromatic rings. The Morgan fingerprint density at radius 1 is 1.21 bits per heavy atom. The summed E-state index contributed by atoms with van der Waals surface area (Å²) >= 11 is 0. The second kappa shape index (κ2) is 9.11. The molecule has 0 saturated carbocycles. The van der Waals surface area contributed by atoms with Gasteiger partial charge in [-0.1, -0.05) is 0 Å². The SMILES string of the molecule is COc1ccc(OC)c(S(=O)(=O)N2CCC(C(=O)NC[C@H]3CCCO3)CC2)c1. The molecule has 156 valence electrons. The summed E-state index contributed by atoms with van der Waals surface area (Å²) in [6.45, 7) is 1.87. The zero-order valence-corrected chi connectivity index (χ0v) is 17.2. The predicted octanol–water partition coefficient (Wildman–Crippen LogP) is 1.40. The van der Waals surface area contributed by atoms with Gasteiger partial charge in [0.2, 0.25) is 15.9 Å². The number of nitrogens with one attached hydrogen (secondary N) is 1. The van der Waals surface area contributed by atoms with Gasteiger partial charge >= 0.3 is 0 Å². The average Bonchev–Trinajstić information content (AvgIpc) is 3.25. The molecule has 2 fully saturated rings. The van der Waals surface area contributed by atoms with Gasteiger partial charge in [0.25, 0.3) is 0 Å². The van der Waals surface area contributed by atoms with Gasteiger partial charge < -0.3 is 19.5 Å². The minimum atomic E-state index is -3.74. The fraction of sp³-hybridized carbons (Fsp3) is 0.632. The number of methoxy groups -OCH3 is 2. The van der Waals surface area contributed by atoms with Crippen LogP contribution in [0.25, 0.3) is 0 Å². The molecule has 2 aliphatic heterocycles. The van der Waals surface area contributed by atoms with Crippen molar-refractivity contribution in [1.29, 1.82) is 0 Å². The fourth-order valence-electron chi connectivity index (χ4n) is 3.65. The maximum Gasteiger partial charge on any atom is 0.246 e. The molecule has 0 aliphatic carbocycles. The van der Waals surface area contributed by atoms with Crippen LogP contribution in [0, 0.1) is 5.92 Å². The first-order valence-electron chi connectivity index (χ1n) is 9.57. The average molecular weight is 413 g/mol. The molecule has 0 spiro atoms. The Kier molecular flexibility index (Phi) is 6.79. The van der Waals surface area contributed by atoms with E-state index in [0.717, 1.165) is 19.4 Å². The Morgan fingerprint density at radius 2 is 1.96 bits per heavy atom. The van der Waals surface area contributed by atoms with Crippen LogP contribution in [0.4, 0.5) is 0 Å². The number of carbonyl (C=O) groups excluding carboxylic acids is 1. The molecular formula is C19H28N2O6S. The van der Waals surface area contributed by atoms with Crippen molar-refractivity contribution in [2.75, 3.05) is 40.5 Å². The van der Waals surface area contributed by atoms with Crippen molar-refractivity contribution < 1.29 is 27.4 Å². The van der Waals surface area contributed by atoms with Crippen LogP contribution >= 0.6 is 0 Å². The van der Waals surface area contributed by atoms with Crippen molar-refractivity contribution in [3.8, 4) is 11.5 Å². The molecule has 2 aliphatic rings. The number of piperidine rings is 1. The molecule has 1 aromatic carbocycles. The lowest BCUT2D eigenvalue weighted by molar-refractivity contribution is -0.126. The number of hydrogen-bond acceptors (Lipinski definition) is 6. The molecule has 28 heavy (non-hydrogen) atoms. The van der Waals surface area contributed by atoms with Gasteiger partial charge in [0.1, 0.15) is 16.4 Å². The number of amides is 1. The quantitative estimate of drug-likeness (QED) is 0.728. The van der Waals surface area contributed by atoms with Crippen molar-refractivity contribution >= 4 is 15.9 Å². The van der Waals surface area contributed by atoms with E-state index in [2.05, 4.69) is 5.32 Å². The number of rotatable bonds is 7. The lowest BCUT2D eigenvalue weighted by Crippen LogP contribution is -2.44.